The van der Waals surface area contributed by atoms with Crippen molar-refractivity contribution in [1.29, 1.82) is 0 Å². The highest BCUT2D eigenvalue weighted by atomic mass is 35.5. The number of fused-ring (bicyclic) bond motifs is 1. The van der Waals surface area contributed by atoms with Gasteiger partial charge in [0.15, 0.2) is 0 Å². The Bertz CT molecular complexity index is 452. The number of rotatable bonds is 2. The van der Waals surface area contributed by atoms with Gasteiger partial charge >= 0.3 is 0 Å². The van der Waals surface area contributed by atoms with Crippen molar-refractivity contribution in [3.63, 3.8) is 0 Å². The molecule has 1 nitrogen and oxygen atoms in total. The van der Waals surface area contributed by atoms with E-state index in [0.717, 1.165) is 5.02 Å². The Balaban J connectivity index is 1.77. The number of aryl methyl sites for hydroxylation is 1. The second-order valence-electron chi connectivity index (χ2n) is 6.53. The van der Waals surface area contributed by atoms with Crippen LogP contribution in [0.1, 0.15) is 56.7 Å². The maximum absolute atomic E-state index is 6.07. The van der Waals surface area contributed by atoms with Crippen LogP contribution in [0.4, 0.5) is 0 Å². The van der Waals surface area contributed by atoms with Crippen LogP contribution in [0.2, 0.25) is 5.02 Å². The number of benzene rings is 1. The molecule has 2 aliphatic rings. The van der Waals surface area contributed by atoms with Crippen LogP contribution in [0.15, 0.2) is 18.2 Å². The van der Waals surface area contributed by atoms with Crippen LogP contribution in [0.5, 0.6) is 0 Å². The highest BCUT2D eigenvalue weighted by molar-refractivity contribution is 6.30. The first-order valence-corrected chi connectivity index (χ1v) is 7.48. The molecule has 1 aromatic rings. The minimum atomic E-state index is 0.454. The number of halogens is 1. The second-order valence-corrected chi connectivity index (χ2v) is 6.97. The van der Waals surface area contributed by atoms with Crippen LogP contribution >= 0.6 is 11.6 Å². The van der Waals surface area contributed by atoms with Gasteiger partial charge in [0.2, 0.25) is 0 Å². The fraction of sp³-hybridized carbons (Fsp3) is 0.625. The second kappa shape index (κ2) is 4.54. The third kappa shape index (κ3) is 2.19. The van der Waals surface area contributed by atoms with Gasteiger partial charge in [0.05, 0.1) is 0 Å². The summed E-state index contributed by atoms with van der Waals surface area (Å²) in [4.78, 5) is 0. The molecule has 1 aromatic carbocycles. The Morgan fingerprint density at radius 1 is 1.28 bits per heavy atom. The van der Waals surface area contributed by atoms with Crippen molar-refractivity contribution < 1.29 is 0 Å². The molecule has 0 radical (unpaired) electrons. The zero-order valence-electron chi connectivity index (χ0n) is 11.3. The fourth-order valence-electron chi connectivity index (χ4n) is 3.64. The van der Waals surface area contributed by atoms with Crippen molar-refractivity contribution in [2.45, 2.75) is 58.0 Å². The predicted octanol–water partition coefficient (Wildman–Crippen LogP) is 4.50. The summed E-state index contributed by atoms with van der Waals surface area (Å²) in [7, 11) is 0. The molecule has 18 heavy (non-hydrogen) atoms. The van der Waals surface area contributed by atoms with Crippen LogP contribution in [0.3, 0.4) is 0 Å². The van der Waals surface area contributed by atoms with E-state index < -0.39 is 0 Å². The Morgan fingerprint density at radius 3 is 2.83 bits per heavy atom. The molecule has 0 amide bonds. The number of hydrogen-bond donors (Lipinski definition) is 1. The predicted molar refractivity (Wildman–Crippen MR) is 77.1 cm³/mol. The lowest BCUT2D eigenvalue weighted by atomic mass is 9.86. The molecule has 0 saturated heterocycles. The van der Waals surface area contributed by atoms with Gasteiger partial charge < -0.3 is 5.32 Å². The Labute approximate surface area is 115 Å². The molecule has 1 saturated carbocycles. The highest BCUT2D eigenvalue weighted by Gasteiger charge is 2.36. The van der Waals surface area contributed by atoms with Crippen LogP contribution in [0.25, 0.3) is 0 Å². The van der Waals surface area contributed by atoms with Gasteiger partial charge in [0, 0.05) is 17.1 Å². The van der Waals surface area contributed by atoms with E-state index in [-0.39, 0.29) is 0 Å². The summed E-state index contributed by atoms with van der Waals surface area (Å²) < 4.78 is 0. The van der Waals surface area contributed by atoms with Crippen molar-refractivity contribution in [2.75, 3.05) is 0 Å². The Morgan fingerprint density at radius 2 is 2.11 bits per heavy atom. The van der Waals surface area contributed by atoms with Crippen molar-refractivity contribution in [2.24, 2.45) is 5.41 Å². The maximum atomic E-state index is 6.07. The monoisotopic (exact) mass is 263 g/mol. The summed E-state index contributed by atoms with van der Waals surface area (Å²) in [5.41, 5.74) is 3.37. The third-order valence-electron chi connectivity index (χ3n) is 4.84. The Hall–Kier alpha value is -0.530. The molecule has 2 atom stereocenters. The average Bonchev–Trinajstić information content (AvgIpc) is 2.84. The molecule has 0 bridgehead atoms. The largest absolute Gasteiger partial charge is 0.307 e. The van der Waals surface area contributed by atoms with E-state index in [9.17, 15) is 0 Å². The summed E-state index contributed by atoms with van der Waals surface area (Å²) >= 11 is 6.07. The van der Waals surface area contributed by atoms with Gasteiger partial charge in [-0.3, -0.25) is 0 Å². The van der Waals surface area contributed by atoms with Crippen molar-refractivity contribution >= 4 is 11.6 Å². The molecular weight excluding hydrogens is 242 g/mol. The van der Waals surface area contributed by atoms with Crippen LogP contribution in [-0.2, 0) is 6.42 Å². The topological polar surface area (TPSA) is 12.0 Å². The quantitative estimate of drug-likeness (QED) is 0.829. The van der Waals surface area contributed by atoms with E-state index in [1.54, 1.807) is 0 Å². The maximum Gasteiger partial charge on any atom is 0.0408 e. The summed E-state index contributed by atoms with van der Waals surface area (Å²) in [6.07, 6.45) is 6.44. The van der Waals surface area contributed by atoms with E-state index in [2.05, 4.69) is 31.3 Å². The van der Waals surface area contributed by atoms with Gasteiger partial charge in [-0.1, -0.05) is 37.9 Å². The van der Waals surface area contributed by atoms with E-state index in [4.69, 9.17) is 11.6 Å². The molecule has 0 aromatic heterocycles. The number of nitrogens with one attached hydrogen (secondary N) is 1. The van der Waals surface area contributed by atoms with Gasteiger partial charge in [0.1, 0.15) is 0 Å². The summed E-state index contributed by atoms with van der Waals surface area (Å²) in [5, 5.41) is 4.77. The summed E-state index contributed by atoms with van der Waals surface area (Å²) in [6, 6.07) is 7.59. The lowest BCUT2D eigenvalue weighted by molar-refractivity contribution is 0.261. The number of hydrogen-bond acceptors (Lipinski definition) is 1. The first-order chi connectivity index (χ1) is 8.56. The van der Waals surface area contributed by atoms with Crippen LogP contribution in [-0.4, -0.2) is 6.04 Å². The van der Waals surface area contributed by atoms with Crippen LogP contribution in [0, 0.1) is 5.41 Å². The normalized spacial score (nSPS) is 29.5. The van der Waals surface area contributed by atoms with E-state index in [1.807, 2.05) is 6.07 Å². The lowest BCUT2D eigenvalue weighted by Crippen LogP contribution is -2.39. The molecule has 0 aliphatic heterocycles. The molecule has 0 spiro atoms. The zero-order valence-corrected chi connectivity index (χ0v) is 12.1. The Kier molecular flexibility index (Phi) is 3.15. The molecule has 3 rings (SSSR count). The van der Waals surface area contributed by atoms with E-state index in [0.29, 0.717) is 17.5 Å². The molecule has 0 heterocycles. The SMILES string of the molecule is CC1(C)CCCC1NC1CCc2cc(Cl)ccc21. The standard InChI is InChI=1S/C16H22ClN/c1-16(2)9-3-4-15(16)18-14-8-5-11-10-12(17)6-7-13(11)14/h6-7,10,14-15,18H,3-5,8-9H2,1-2H3. The van der Waals surface area contributed by atoms with Crippen molar-refractivity contribution in [3.05, 3.63) is 34.3 Å². The van der Waals surface area contributed by atoms with Crippen molar-refractivity contribution in [3.8, 4) is 0 Å². The molecular formula is C16H22ClN. The smallest absolute Gasteiger partial charge is 0.0408 e. The summed E-state index contributed by atoms with van der Waals surface area (Å²) in [5.74, 6) is 0. The minimum absolute atomic E-state index is 0.454. The zero-order chi connectivity index (χ0) is 12.8. The molecule has 2 aliphatic carbocycles. The molecule has 1 fully saturated rings. The third-order valence-corrected chi connectivity index (χ3v) is 5.08. The minimum Gasteiger partial charge on any atom is -0.307 e. The first kappa shape index (κ1) is 12.5. The molecule has 98 valence electrons. The highest BCUT2D eigenvalue weighted by Crippen LogP contribution is 2.40. The molecule has 1 N–H and O–H groups in total. The lowest BCUT2D eigenvalue weighted by Gasteiger charge is -2.31. The fourth-order valence-corrected chi connectivity index (χ4v) is 3.83. The summed E-state index contributed by atoms with van der Waals surface area (Å²) in [6.45, 7) is 4.80. The van der Waals surface area contributed by atoms with Gasteiger partial charge in [0.25, 0.3) is 0 Å². The van der Waals surface area contributed by atoms with Gasteiger partial charge in [-0.15, -0.1) is 0 Å². The van der Waals surface area contributed by atoms with Crippen LogP contribution < -0.4 is 5.32 Å². The first-order valence-electron chi connectivity index (χ1n) is 7.11. The van der Waals surface area contributed by atoms with E-state index >= 15 is 0 Å². The van der Waals surface area contributed by atoms with Gasteiger partial charge in [-0.05, 0) is 54.4 Å². The van der Waals surface area contributed by atoms with E-state index in [1.165, 1.54) is 43.2 Å². The molecule has 2 unspecified atom stereocenters. The van der Waals surface area contributed by atoms with Gasteiger partial charge in [-0.25, -0.2) is 0 Å². The average molecular weight is 264 g/mol. The molecule has 2 heteroatoms. The van der Waals surface area contributed by atoms with Gasteiger partial charge in [-0.2, -0.15) is 0 Å². The van der Waals surface area contributed by atoms with Crippen molar-refractivity contribution in [1.82, 2.24) is 5.32 Å².